The molecule has 144 valence electrons. The molecule has 0 saturated carbocycles. The molecule has 1 heterocycles. The van der Waals surface area contributed by atoms with Crippen LogP contribution in [0.5, 0.6) is 0 Å². The molecular formula is C18H32N2O5. The van der Waals surface area contributed by atoms with Gasteiger partial charge in [-0.15, -0.1) is 0 Å². The summed E-state index contributed by atoms with van der Waals surface area (Å²) in [6.07, 6.45) is 3.29. The van der Waals surface area contributed by atoms with Crippen LogP contribution in [0.2, 0.25) is 0 Å². The van der Waals surface area contributed by atoms with Gasteiger partial charge in [0.15, 0.2) is 0 Å². The van der Waals surface area contributed by atoms with Gasteiger partial charge in [0.05, 0.1) is 19.4 Å². The number of amides is 2. The van der Waals surface area contributed by atoms with Crippen LogP contribution < -0.4 is 5.32 Å². The van der Waals surface area contributed by atoms with Crippen LogP contribution in [-0.4, -0.2) is 54.5 Å². The molecule has 1 aliphatic heterocycles. The van der Waals surface area contributed by atoms with Crippen molar-refractivity contribution < 1.29 is 23.8 Å². The van der Waals surface area contributed by atoms with Gasteiger partial charge in [0, 0.05) is 13.1 Å². The number of hydrogen-bond acceptors (Lipinski definition) is 5. The van der Waals surface area contributed by atoms with Gasteiger partial charge < -0.3 is 24.4 Å². The van der Waals surface area contributed by atoms with E-state index in [1.807, 2.05) is 47.6 Å². The first kappa shape index (κ1) is 21.1. The molecule has 7 nitrogen and oxygen atoms in total. The first-order valence-electron chi connectivity index (χ1n) is 8.57. The SMILES string of the molecule is COC=C[C@H]1C[C@H](CNC(=O)OC(C)(C)C)CN1C(=O)OC(C)(C)C. The second-order valence-corrected chi connectivity index (χ2v) is 8.25. The molecule has 0 unspecified atom stereocenters. The van der Waals surface area contributed by atoms with E-state index >= 15 is 0 Å². The Morgan fingerprint density at radius 1 is 1.12 bits per heavy atom. The zero-order chi connectivity index (χ0) is 19.3. The normalized spacial score (nSPS) is 21.3. The number of methoxy groups -OCH3 is 1. The second-order valence-electron chi connectivity index (χ2n) is 8.25. The van der Waals surface area contributed by atoms with Crippen molar-refractivity contribution in [3.63, 3.8) is 0 Å². The number of carbonyl (C=O) groups excluding carboxylic acids is 2. The molecule has 1 rings (SSSR count). The highest BCUT2D eigenvalue weighted by Gasteiger charge is 2.36. The van der Waals surface area contributed by atoms with Crippen LogP contribution in [0.4, 0.5) is 9.59 Å². The summed E-state index contributed by atoms with van der Waals surface area (Å²) in [6, 6.07) is -0.125. The minimum absolute atomic E-state index is 0.117. The molecule has 1 saturated heterocycles. The van der Waals surface area contributed by atoms with Crippen molar-refractivity contribution in [3.8, 4) is 0 Å². The third kappa shape index (κ3) is 8.14. The van der Waals surface area contributed by atoms with Crippen molar-refractivity contribution in [2.75, 3.05) is 20.2 Å². The zero-order valence-corrected chi connectivity index (χ0v) is 16.4. The highest BCUT2D eigenvalue weighted by atomic mass is 16.6. The van der Waals surface area contributed by atoms with Crippen LogP contribution in [0.3, 0.4) is 0 Å². The van der Waals surface area contributed by atoms with Gasteiger partial charge >= 0.3 is 12.2 Å². The number of ether oxygens (including phenoxy) is 3. The molecule has 2 atom stereocenters. The molecule has 7 heteroatoms. The molecule has 0 aromatic carbocycles. The lowest BCUT2D eigenvalue weighted by molar-refractivity contribution is 0.0249. The average molecular weight is 356 g/mol. The van der Waals surface area contributed by atoms with Gasteiger partial charge in [-0.3, -0.25) is 0 Å². The summed E-state index contributed by atoms with van der Waals surface area (Å²) in [6.45, 7) is 11.9. The van der Waals surface area contributed by atoms with E-state index in [0.29, 0.717) is 13.1 Å². The lowest BCUT2D eigenvalue weighted by atomic mass is 10.1. The molecule has 0 spiro atoms. The number of nitrogens with one attached hydrogen (secondary N) is 1. The van der Waals surface area contributed by atoms with E-state index in [-0.39, 0.29) is 18.1 Å². The quantitative estimate of drug-likeness (QED) is 0.782. The summed E-state index contributed by atoms with van der Waals surface area (Å²) in [5.41, 5.74) is -1.09. The maximum absolute atomic E-state index is 12.4. The molecule has 0 aromatic heterocycles. The van der Waals surface area contributed by atoms with E-state index in [1.54, 1.807) is 18.3 Å². The Hall–Kier alpha value is -1.92. The smallest absolute Gasteiger partial charge is 0.410 e. The maximum Gasteiger partial charge on any atom is 0.410 e. The van der Waals surface area contributed by atoms with Gasteiger partial charge in [0.25, 0.3) is 0 Å². The molecule has 0 aromatic rings. The number of alkyl carbamates (subject to hydrolysis) is 1. The average Bonchev–Trinajstić information content (AvgIpc) is 2.82. The van der Waals surface area contributed by atoms with Crippen molar-refractivity contribution in [1.82, 2.24) is 10.2 Å². The summed E-state index contributed by atoms with van der Waals surface area (Å²) >= 11 is 0. The Morgan fingerprint density at radius 2 is 1.72 bits per heavy atom. The molecule has 0 bridgehead atoms. The van der Waals surface area contributed by atoms with Gasteiger partial charge in [0.1, 0.15) is 11.2 Å². The van der Waals surface area contributed by atoms with Crippen LogP contribution in [0.1, 0.15) is 48.0 Å². The van der Waals surface area contributed by atoms with E-state index in [2.05, 4.69) is 5.32 Å². The second kappa shape index (κ2) is 8.45. The number of nitrogens with zero attached hydrogens (tertiary/aromatic N) is 1. The van der Waals surface area contributed by atoms with Crippen molar-refractivity contribution in [3.05, 3.63) is 12.3 Å². The third-order valence-electron chi connectivity index (χ3n) is 3.43. The Morgan fingerprint density at radius 3 is 2.24 bits per heavy atom. The number of carbonyl (C=O) groups is 2. The molecule has 1 aliphatic rings. The monoisotopic (exact) mass is 356 g/mol. The van der Waals surface area contributed by atoms with E-state index in [9.17, 15) is 9.59 Å². The third-order valence-corrected chi connectivity index (χ3v) is 3.43. The minimum atomic E-state index is -0.556. The Bertz CT molecular complexity index is 491. The van der Waals surface area contributed by atoms with Gasteiger partial charge in [-0.25, -0.2) is 9.59 Å². The number of hydrogen-bond donors (Lipinski definition) is 1. The van der Waals surface area contributed by atoms with E-state index in [0.717, 1.165) is 6.42 Å². The maximum atomic E-state index is 12.4. The Kier molecular flexibility index (Phi) is 7.14. The summed E-state index contributed by atoms with van der Waals surface area (Å²) in [7, 11) is 1.56. The van der Waals surface area contributed by atoms with Crippen molar-refractivity contribution in [1.29, 1.82) is 0 Å². The number of likely N-dealkylation sites (tertiary alicyclic amines) is 1. The standard InChI is InChI=1S/C18H32N2O5/c1-17(2,3)24-15(21)19-11-13-10-14(8-9-23-7)20(12-13)16(22)25-18(4,5)6/h8-9,13-14H,10-12H2,1-7H3,(H,19,21)/t13-,14+/m1/s1. The molecule has 2 amide bonds. The lowest BCUT2D eigenvalue weighted by Gasteiger charge is -2.27. The predicted molar refractivity (Wildman–Crippen MR) is 95.2 cm³/mol. The van der Waals surface area contributed by atoms with Crippen LogP contribution in [0.15, 0.2) is 12.3 Å². The molecule has 0 radical (unpaired) electrons. The van der Waals surface area contributed by atoms with Crippen LogP contribution in [-0.2, 0) is 14.2 Å². The fraction of sp³-hybridized carbons (Fsp3) is 0.778. The fourth-order valence-electron chi connectivity index (χ4n) is 2.53. The first-order valence-corrected chi connectivity index (χ1v) is 8.57. The Labute approximate surface area is 150 Å². The van der Waals surface area contributed by atoms with Crippen molar-refractivity contribution in [2.24, 2.45) is 5.92 Å². The van der Waals surface area contributed by atoms with Crippen molar-refractivity contribution in [2.45, 2.75) is 65.2 Å². The van der Waals surface area contributed by atoms with Crippen LogP contribution in [0, 0.1) is 5.92 Å². The van der Waals surface area contributed by atoms with E-state index < -0.39 is 17.3 Å². The zero-order valence-electron chi connectivity index (χ0n) is 16.4. The molecular weight excluding hydrogens is 324 g/mol. The molecule has 0 aliphatic carbocycles. The van der Waals surface area contributed by atoms with Gasteiger partial charge in [-0.05, 0) is 60.0 Å². The molecule has 25 heavy (non-hydrogen) atoms. The first-order chi connectivity index (χ1) is 11.4. The topological polar surface area (TPSA) is 77.1 Å². The van der Waals surface area contributed by atoms with Crippen LogP contribution in [0.25, 0.3) is 0 Å². The molecule has 1 fully saturated rings. The van der Waals surface area contributed by atoms with E-state index in [1.165, 1.54) is 0 Å². The van der Waals surface area contributed by atoms with Crippen molar-refractivity contribution >= 4 is 12.2 Å². The number of rotatable bonds is 4. The van der Waals surface area contributed by atoms with Gasteiger partial charge in [-0.2, -0.15) is 0 Å². The predicted octanol–water partition coefficient (Wildman–Crippen LogP) is 3.30. The largest absolute Gasteiger partial charge is 0.505 e. The Balaban J connectivity index is 2.65. The summed E-state index contributed by atoms with van der Waals surface area (Å²) in [5, 5.41) is 2.77. The fourth-order valence-corrected chi connectivity index (χ4v) is 2.53. The summed E-state index contributed by atoms with van der Waals surface area (Å²) in [4.78, 5) is 25.9. The van der Waals surface area contributed by atoms with Crippen LogP contribution >= 0.6 is 0 Å². The summed E-state index contributed by atoms with van der Waals surface area (Å²) in [5.74, 6) is 0.117. The highest BCUT2D eigenvalue weighted by Crippen LogP contribution is 2.26. The molecule has 1 N–H and O–H groups in total. The highest BCUT2D eigenvalue weighted by molar-refractivity contribution is 5.69. The van der Waals surface area contributed by atoms with Gasteiger partial charge in [0.2, 0.25) is 0 Å². The van der Waals surface area contributed by atoms with E-state index in [4.69, 9.17) is 14.2 Å². The lowest BCUT2D eigenvalue weighted by Crippen LogP contribution is -2.40. The van der Waals surface area contributed by atoms with Gasteiger partial charge in [-0.1, -0.05) is 0 Å². The minimum Gasteiger partial charge on any atom is -0.505 e. The summed E-state index contributed by atoms with van der Waals surface area (Å²) < 4.78 is 15.7.